The van der Waals surface area contributed by atoms with Crippen LogP contribution in [-0.4, -0.2) is 29.3 Å². The molecule has 0 heterocycles. The van der Waals surface area contributed by atoms with Gasteiger partial charge in [-0.25, -0.2) is 9.59 Å². The zero-order valence-corrected chi connectivity index (χ0v) is 10.3. The van der Waals surface area contributed by atoms with Crippen molar-refractivity contribution in [1.82, 2.24) is 5.32 Å². The molecule has 2 atom stereocenters. The molecular weight excluding hydrogens is 246 g/mol. The Balaban J connectivity index is 2.08. The molecule has 1 amide bonds. The Bertz CT molecular complexity index is 499. The second-order valence-electron chi connectivity index (χ2n) is 4.46. The van der Waals surface area contributed by atoms with Gasteiger partial charge in [0.2, 0.25) is 0 Å². The summed E-state index contributed by atoms with van der Waals surface area (Å²) in [4.78, 5) is 22.9. The maximum atomic E-state index is 11.5. The summed E-state index contributed by atoms with van der Waals surface area (Å²) < 4.78 is 4.77. The zero-order valence-electron chi connectivity index (χ0n) is 10.3. The minimum atomic E-state index is -1.25. The van der Waals surface area contributed by atoms with E-state index < -0.39 is 17.6 Å². The van der Waals surface area contributed by atoms with Gasteiger partial charge in [0.05, 0.1) is 0 Å². The van der Waals surface area contributed by atoms with Crippen molar-refractivity contribution in [3.05, 3.63) is 48.6 Å². The largest absolute Gasteiger partial charge is 0.479 e. The number of nitrogens with one attached hydrogen (secondary N) is 1. The fourth-order valence-electron chi connectivity index (χ4n) is 2.13. The minimum absolute atomic E-state index is 0.0531. The number of hydrogen-bond acceptors (Lipinski definition) is 3. The lowest BCUT2D eigenvalue weighted by Gasteiger charge is -2.14. The Labute approximate surface area is 110 Å². The third-order valence-corrected chi connectivity index (χ3v) is 3.20. The van der Waals surface area contributed by atoms with Crippen molar-refractivity contribution in [2.45, 2.75) is 17.9 Å². The fourth-order valence-corrected chi connectivity index (χ4v) is 2.13. The molecule has 1 aromatic rings. The summed E-state index contributed by atoms with van der Waals surface area (Å²) in [5.74, 6) is -1.26. The summed E-state index contributed by atoms with van der Waals surface area (Å²) in [5, 5.41) is 11.8. The van der Waals surface area contributed by atoms with E-state index in [0.717, 1.165) is 5.56 Å². The molecule has 0 bridgehead atoms. The molecule has 0 aliphatic heterocycles. The van der Waals surface area contributed by atoms with Gasteiger partial charge in [-0.3, -0.25) is 0 Å². The van der Waals surface area contributed by atoms with Gasteiger partial charge < -0.3 is 15.2 Å². The van der Waals surface area contributed by atoms with Crippen molar-refractivity contribution >= 4 is 12.1 Å². The normalized spacial score (nSPS) is 24.3. The number of amides is 1. The highest BCUT2D eigenvalue weighted by atomic mass is 16.5. The number of aliphatic carboxylic acids is 1. The number of carboxylic acids is 1. The summed E-state index contributed by atoms with van der Waals surface area (Å²) in [6.45, 7) is 3.47. The van der Waals surface area contributed by atoms with Crippen LogP contribution in [0.1, 0.15) is 17.9 Å². The van der Waals surface area contributed by atoms with Crippen molar-refractivity contribution in [1.29, 1.82) is 0 Å². The number of ether oxygens (including phenoxy) is 1. The third kappa shape index (κ3) is 2.59. The number of carbonyl (C=O) groups is 2. The first kappa shape index (κ1) is 13.1. The van der Waals surface area contributed by atoms with Crippen LogP contribution >= 0.6 is 0 Å². The standard InChI is InChI=1S/C14H15NO4/c1-2-8-19-13(18)15-14(12(16)17)9-11(14)10-6-4-3-5-7-10/h2-7,11H,1,8-9H2,(H,15,18)(H,16,17). The van der Waals surface area contributed by atoms with Crippen molar-refractivity contribution in [3.63, 3.8) is 0 Å². The second kappa shape index (κ2) is 5.14. The fraction of sp³-hybridized carbons (Fsp3) is 0.286. The highest BCUT2D eigenvalue weighted by Crippen LogP contribution is 2.51. The van der Waals surface area contributed by atoms with E-state index in [1.807, 2.05) is 30.3 Å². The number of rotatable bonds is 5. The van der Waals surface area contributed by atoms with E-state index in [2.05, 4.69) is 11.9 Å². The van der Waals surface area contributed by atoms with Crippen molar-refractivity contribution in [2.24, 2.45) is 0 Å². The second-order valence-corrected chi connectivity index (χ2v) is 4.46. The molecule has 1 aliphatic carbocycles. The molecule has 1 saturated carbocycles. The summed E-state index contributed by atoms with van der Waals surface area (Å²) in [7, 11) is 0. The molecule has 100 valence electrons. The van der Waals surface area contributed by atoms with Crippen LogP contribution in [0, 0.1) is 0 Å². The highest BCUT2D eigenvalue weighted by Gasteiger charge is 2.62. The summed E-state index contributed by atoms with van der Waals surface area (Å²) in [6.07, 6.45) is 1.06. The molecule has 0 radical (unpaired) electrons. The molecule has 19 heavy (non-hydrogen) atoms. The minimum Gasteiger partial charge on any atom is -0.479 e. The van der Waals surface area contributed by atoms with Crippen molar-refractivity contribution < 1.29 is 19.4 Å². The Morgan fingerprint density at radius 3 is 2.74 bits per heavy atom. The van der Waals surface area contributed by atoms with Crippen molar-refractivity contribution in [2.75, 3.05) is 6.61 Å². The Morgan fingerprint density at radius 2 is 2.16 bits per heavy atom. The first-order valence-corrected chi connectivity index (χ1v) is 5.94. The zero-order chi connectivity index (χ0) is 13.9. The number of carbonyl (C=O) groups excluding carboxylic acids is 1. The van der Waals surface area contributed by atoms with E-state index in [4.69, 9.17) is 4.74 Å². The van der Waals surface area contributed by atoms with Gasteiger partial charge in [0.25, 0.3) is 0 Å². The van der Waals surface area contributed by atoms with Crippen LogP contribution in [-0.2, 0) is 9.53 Å². The topological polar surface area (TPSA) is 75.6 Å². The van der Waals surface area contributed by atoms with Gasteiger partial charge in [-0.15, -0.1) is 0 Å². The van der Waals surface area contributed by atoms with Crippen LogP contribution < -0.4 is 5.32 Å². The van der Waals surface area contributed by atoms with Gasteiger partial charge in [-0.1, -0.05) is 43.0 Å². The Kier molecular flexibility index (Phi) is 3.55. The molecule has 1 aromatic carbocycles. The summed E-state index contributed by atoms with van der Waals surface area (Å²) >= 11 is 0. The average molecular weight is 261 g/mol. The summed E-state index contributed by atoms with van der Waals surface area (Å²) in [6, 6.07) is 9.25. The van der Waals surface area contributed by atoms with E-state index in [-0.39, 0.29) is 12.5 Å². The Morgan fingerprint density at radius 1 is 1.47 bits per heavy atom. The molecule has 0 saturated heterocycles. The van der Waals surface area contributed by atoms with E-state index in [1.165, 1.54) is 6.08 Å². The van der Waals surface area contributed by atoms with Crippen LogP contribution in [0.25, 0.3) is 0 Å². The van der Waals surface area contributed by atoms with Crippen LogP contribution in [0.5, 0.6) is 0 Å². The average Bonchev–Trinajstić information content (AvgIpc) is 3.13. The van der Waals surface area contributed by atoms with Gasteiger partial charge >= 0.3 is 12.1 Å². The van der Waals surface area contributed by atoms with Gasteiger partial charge in [-0.05, 0) is 12.0 Å². The molecule has 0 aromatic heterocycles. The number of hydrogen-bond donors (Lipinski definition) is 2. The lowest BCUT2D eigenvalue weighted by Crippen LogP contribution is -2.44. The third-order valence-electron chi connectivity index (χ3n) is 3.20. The van der Waals surface area contributed by atoms with Gasteiger partial charge in [-0.2, -0.15) is 0 Å². The maximum Gasteiger partial charge on any atom is 0.408 e. The number of alkyl carbamates (subject to hydrolysis) is 1. The van der Waals surface area contributed by atoms with Gasteiger partial charge in [0.1, 0.15) is 12.1 Å². The van der Waals surface area contributed by atoms with E-state index in [1.54, 1.807) is 0 Å². The van der Waals surface area contributed by atoms with E-state index in [0.29, 0.717) is 6.42 Å². The molecule has 1 aliphatic rings. The molecule has 5 heteroatoms. The lowest BCUT2D eigenvalue weighted by atomic mass is 10.1. The monoisotopic (exact) mass is 261 g/mol. The molecule has 2 rings (SSSR count). The van der Waals surface area contributed by atoms with Crippen molar-refractivity contribution in [3.8, 4) is 0 Å². The van der Waals surface area contributed by atoms with Gasteiger partial charge in [0.15, 0.2) is 0 Å². The molecular formula is C14H15NO4. The van der Waals surface area contributed by atoms with Crippen LogP contribution in [0.2, 0.25) is 0 Å². The molecule has 1 fully saturated rings. The smallest absolute Gasteiger partial charge is 0.408 e. The number of benzene rings is 1. The molecule has 5 nitrogen and oxygen atoms in total. The predicted octanol–water partition coefficient (Wildman–Crippen LogP) is 1.91. The molecule has 2 N–H and O–H groups in total. The molecule has 2 unspecified atom stereocenters. The number of carboxylic acid groups (broad SMARTS) is 1. The van der Waals surface area contributed by atoms with E-state index >= 15 is 0 Å². The summed E-state index contributed by atoms with van der Waals surface area (Å²) in [5.41, 5.74) is -0.353. The van der Waals surface area contributed by atoms with E-state index in [9.17, 15) is 14.7 Å². The molecule has 0 spiro atoms. The first-order valence-electron chi connectivity index (χ1n) is 5.94. The Hall–Kier alpha value is -2.30. The first-order chi connectivity index (χ1) is 9.10. The quantitative estimate of drug-likeness (QED) is 0.794. The van der Waals surface area contributed by atoms with Crippen LogP contribution in [0.3, 0.4) is 0 Å². The van der Waals surface area contributed by atoms with Crippen LogP contribution in [0.4, 0.5) is 4.79 Å². The van der Waals surface area contributed by atoms with Gasteiger partial charge in [0, 0.05) is 5.92 Å². The SMILES string of the molecule is C=CCOC(=O)NC1(C(=O)O)CC1c1ccccc1. The maximum absolute atomic E-state index is 11.5. The van der Waals surface area contributed by atoms with Crippen LogP contribution in [0.15, 0.2) is 43.0 Å². The lowest BCUT2D eigenvalue weighted by molar-refractivity contribution is -0.140. The predicted molar refractivity (Wildman–Crippen MR) is 68.8 cm³/mol. The highest BCUT2D eigenvalue weighted by molar-refractivity contribution is 5.89.